The van der Waals surface area contributed by atoms with Gasteiger partial charge in [-0.1, -0.05) is 30.3 Å². The topological polar surface area (TPSA) is 84.6 Å². The second kappa shape index (κ2) is 7.26. The van der Waals surface area contributed by atoms with Gasteiger partial charge in [0.15, 0.2) is 0 Å². The van der Waals surface area contributed by atoms with Gasteiger partial charge in [-0.2, -0.15) is 0 Å². The molecule has 0 saturated heterocycles. The van der Waals surface area contributed by atoms with Crippen LogP contribution in [0.4, 0.5) is 4.79 Å². The van der Waals surface area contributed by atoms with Crippen LogP contribution in [-0.4, -0.2) is 35.5 Å². The molecule has 0 radical (unpaired) electrons. The molecule has 2 atom stereocenters. The fraction of sp³-hybridized carbons (Fsp3) is 0.533. The number of ether oxygens (including phenoxy) is 1. The highest BCUT2D eigenvalue weighted by atomic mass is 16.6. The van der Waals surface area contributed by atoms with Crippen LogP contribution in [0.5, 0.6) is 0 Å². The zero-order chi connectivity index (χ0) is 15.2. The van der Waals surface area contributed by atoms with Crippen molar-refractivity contribution in [2.45, 2.75) is 44.9 Å². The maximum Gasteiger partial charge on any atom is 0.404 e. The van der Waals surface area contributed by atoms with E-state index in [-0.39, 0.29) is 5.54 Å². The molecule has 1 amide bonds. The summed E-state index contributed by atoms with van der Waals surface area (Å²) in [6.45, 7) is 6.33. The summed E-state index contributed by atoms with van der Waals surface area (Å²) < 4.78 is 5.03. The highest BCUT2D eigenvalue weighted by molar-refractivity contribution is 5.64. The van der Waals surface area contributed by atoms with Crippen LogP contribution in [0, 0.1) is 0 Å². The minimum atomic E-state index is -0.874. The molecule has 0 aliphatic carbocycles. The van der Waals surface area contributed by atoms with Gasteiger partial charge in [0.2, 0.25) is 0 Å². The maximum absolute atomic E-state index is 11.0. The van der Waals surface area contributed by atoms with Crippen LogP contribution in [0.3, 0.4) is 0 Å². The predicted molar refractivity (Wildman–Crippen MR) is 78.4 cm³/mol. The first-order valence-electron chi connectivity index (χ1n) is 6.71. The average Bonchev–Trinajstić information content (AvgIpc) is 2.35. The Labute approximate surface area is 120 Å². The van der Waals surface area contributed by atoms with Gasteiger partial charge in [-0.25, -0.2) is 4.79 Å². The molecule has 5 nitrogen and oxygen atoms in total. The maximum atomic E-state index is 11.0. The number of carbonyl (C=O) groups excluding carboxylic acids is 1. The SMILES string of the molecule is CC(C)(C)NCC(O)C(Cc1ccccc1)OC(N)=O. The van der Waals surface area contributed by atoms with Gasteiger partial charge in [-0.15, -0.1) is 0 Å². The number of aliphatic hydroxyl groups is 1. The summed E-state index contributed by atoms with van der Waals surface area (Å²) in [5, 5.41) is 13.4. The Bertz CT molecular complexity index is 415. The first kappa shape index (κ1) is 16.5. The van der Waals surface area contributed by atoms with Crippen LogP contribution in [-0.2, 0) is 11.2 Å². The van der Waals surface area contributed by atoms with E-state index in [0.29, 0.717) is 13.0 Å². The lowest BCUT2D eigenvalue weighted by Gasteiger charge is -2.27. The van der Waals surface area contributed by atoms with Crippen LogP contribution >= 0.6 is 0 Å². The van der Waals surface area contributed by atoms with Crippen LogP contribution in [0.25, 0.3) is 0 Å². The molecular weight excluding hydrogens is 256 g/mol. The number of nitrogens with one attached hydrogen (secondary N) is 1. The number of benzene rings is 1. The highest BCUT2D eigenvalue weighted by Crippen LogP contribution is 2.10. The summed E-state index contributed by atoms with van der Waals surface area (Å²) in [7, 11) is 0. The molecule has 0 saturated carbocycles. The summed E-state index contributed by atoms with van der Waals surface area (Å²) in [5.41, 5.74) is 5.93. The molecule has 2 unspecified atom stereocenters. The number of carbonyl (C=O) groups is 1. The molecule has 0 spiro atoms. The van der Waals surface area contributed by atoms with E-state index in [0.717, 1.165) is 5.56 Å². The van der Waals surface area contributed by atoms with E-state index >= 15 is 0 Å². The van der Waals surface area contributed by atoms with Gasteiger partial charge in [-0.05, 0) is 26.3 Å². The van der Waals surface area contributed by atoms with Crippen LogP contribution in [0.15, 0.2) is 30.3 Å². The van der Waals surface area contributed by atoms with Crippen molar-refractivity contribution in [3.63, 3.8) is 0 Å². The molecule has 4 N–H and O–H groups in total. The Hall–Kier alpha value is -1.59. The van der Waals surface area contributed by atoms with Gasteiger partial charge in [0.1, 0.15) is 12.2 Å². The molecule has 1 aromatic carbocycles. The Morgan fingerprint density at radius 3 is 2.45 bits per heavy atom. The summed E-state index contributed by atoms with van der Waals surface area (Å²) in [6.07, 6.45) is -1.93. The van der Waals surface area contributed by atoms with E-state index in [1.807, 2.05) is 51.1 Å². The van der Waals surface area contributed by atoms with Crippen molar-refractivity contribution in [2.75, 3.05) is 6.54 Å². The van der Waals surface area contributed by atoms with Gasteiger partial charge in [0.05, 0.1) is 0 Å². The number of nitrogens with two attached hydrogens (primary N) is 1. The van der Waals surface area contributed by atoms with Crippen molar-refractivity contribution < 1.29 is 14.6 Å². The van der Waals surface area contributed by atoms with E-state index in [4.69, 9.17) is 10.5 Å². The molecular formula is C15H24N2O3. The first-order valence-corrected chi connectivity index (χ1v) is 6.71. The Morgan fingerprint density at radius 1 is 1.35 bits per heavy atom. The fourth-order valence-electron chi connectivity index (χ4n) is 1.79. The number of rotatable bonds is 6. The van der Waals surface area contributed by atoms with E-state index < -0.39 is 18.3 Å². The largest absolute Gasteiger partial charge is 0.443 e. The molecule has 0 fully saturated rings. The minimum absolute atomic E-state index is 0.120. The van der Waals surface area contributed by atoms with Crippen LogP contribution in [0.1, 0.15) is 26.3 Å². The third-order valence-corrected chi connectivity index (χ3v) is 2.82. The van der Waals surface area contributed by atoms with Crippen molar-refractivity contribution in [1.82, 2.24) is 5.32 Å². The molecule has 0 heterocycles. The highest BCUT2D eigenvalue weighted by Gasteiger charge is 2.24. The first-order chi connectivity index (χ1) is 9.28. The van der Waals surface area contributed by atoms with Gasteiger partial charge in [0, 0.05) is 18.5 Å². The third kappa shape index (κ3) is 6.54. The Kier molecular flexibility index (Phi) is 5.98. The predicted octanol–water partition coefficient (Wildman–Crippen LogP) is 1.44. The lowest BCUT2D eigenvalue weighted by Crippen LogP contribution is -2.46. The number of amides is 1. The fourth-order valence-corrected chi connectivity index (χ4v) is 1.79. The van der Waals surface area contributed by atoms with Gasteiger partial charge in [0.25, 0.3) is 0 Å². The number of β-amino-alcohol motifs (C(OH)–C–C–N with tert-alkyl or cyclic N) is 1. The number of hydrogen-bond acceptors (Lipinski definition) is 4. The van der Waals surface area contributed by atoms with Gasteiger partial charge < -0.3 is 20.9 Å². The summed E-state index contributed by atoms with van der Waals surface area (Å²) in [6, 6.07) is 9.54. The van der Waals surface area contributed by atoms with E-state index in [1.165, 1.54) is 0 Å². The molecule has 1 rings (SSSR count). The Balaban J connectivity index is 2.65. The van der Waals surface area contributed by atoms with Crippen LogP contribution < -0.4 is 11.1 Å². The van der Waals surface area contributed by atoms with Crippen molar-refractivity contribution in [3.8, 4) is 0 Å². The molecule has 0 aromatic heterocycles. The normalized spacial score (nSPS) is 14.6. The standard InChI is InChI=1S/C15H24N2O3/c1-15(2,3)17-10-12(18)13(20-14(16)19)9-11-7-5-4-6-8-11/h4-8,12-13,17-18H,9-10H2,1-3H3,(H2,16,19). The minimum Gasteiger partial charge on any atom is -0.443 e. The second-order valence-corrected chi connectivity index (χ2v) is 5.86. The summed E-state index contributed by atoms with van der Waals surface area (Å²) in [5.74, 6) is 0. The molecule has 20 heavy (non-hydrogen) atoms. The smallest absolute Gasteiger partial charge is 0.404 e. The lowest BCUT2D eigenvalue weighted by atomic mass is 10.0. The van der Waals surface area contributed by atoms with E-state index in [1.54, 1.807) is 0 Å². The number of hydrogen-bond donors (Lipinski definition) is 3. The second-order valence-electron chi connectivity index (χ2n) is 5.86. The molecule has 112 valence electrons. The molecule has 0 aliphatic heterocycles. The number of primary amides is 1. The zero-order valence-electron chi connectivity index (χ0n) is 12.3. The monoisotopic (exact) mass is 280 g/mol. The van der Waals surface area contributed by atoms with E-state index in [9.17, 15) is 9.90 Å². The summed E-state index contributed by atoms with van der Waals surface area (Å²) in [4.78, 5) is 11.0. The van der Waals surface area contributed by atoms with E-state index in [2.05, 4.69) is 5.32 Å². The third-order valence-electron chi connectivity index (χ3n) is 2.82. The number of aliphatic hydroxyl groups excluding tert-OH is 1. The quantitative estimate of drug-likeness (QED) is 0.736. The van der Waals surface area contributed by atoms with Crippen LogP contribution in [0.2, 0.25) is 0 Å². The molecule has 5 heteroatoms. The van der Waals surface area contributed by atoms with Crippen molar-refractivity contribution >= 4 is 6.09 Å². The summed E-state index contributed by atoms with van der Waals surface area (Å²) >= 11 is 0. The molecule has 0 aliphatic rings. The zero-order valence-corrected chi connectivity index (χ0v) is 12.3. The van der Waals surface area contributed by atoms with Crippen molar-refractivity contribution in [3.05, 3.63) is 35.9 Å². The average molecular weight is 280 g/mol. The lowest BCUT2D eigenvalue weighted by molar-refractivity contribution is 0.00487. The van der Waals surface area contributed by atoms with Gasteiger partial charge in [-0.3, -0.25) is 0 Å². The van der Waals surface area contributed by atoms with Crippen molar-refractivity contribution in [2.24, 2.45) is 5.73 Å². The molecule has 1 aromatic rings. The molecule has 0 bridgehead atoms. The van der Waals surface area contributed by atoms with Gasteiger partial charge >= 0.3 is 6.09 Å². The van der Waals surface area contributed by atoms with Crippen molar-refractivity contribution in [1.29, 1.82) is 0 Å². The Morgan fingerprint density at radius 2 is 1.95 bits per heavy atom.